The molecule has 1 N–H and O–H groups in total. The summed E-state index contributed by atoms with van der Waals surface area (Å²) in [4.78, 5) is 25.7. The summed E-state index contributed by atoms with van der Waals surface area (Å²) >= 11 is 0. The van der Waals surface area contributed by atoms with E-state index < -0.39 is 44.4 Å². The van der Waals surface area contributed by atoms with Gasteiger partial charge in [-0.15, -0.1) is 0 Å². The van der Waals surface area contributed by atoms with Crippen LogP contribution in [-0.4, -0.2) is 73.5 Å². The fourth-order valence-electron chi connectivity index (χ4n) is 4.31. The van der Waals surface area contributed by atoms with Gasteiger partial charge in [-0.25, -0.2) is 8.42 Å². The van der Waals surface area contributed by atoms with Crippen molar-refractivity contribution < 1.29 is 46.4 Å². The van der Waals surface area contributed by atoms with E-state index in [2.05, 4.69) is 5.32 Å². The summed E-state index contributed by atoms with van der Waals surface area (Å²) in [7, 11) is 3.45. The molecule has 1 fully saturated rings. The summed E-state index contributed by atoms with van der Waals surface area (Å²) in [6.45, 7) is 0. The molecule has 3 rings (SSSR count). The van der Waals surface area contributed by atoms with Crippen LogP contribution in [0.4, 0.5) is 0 Å². The minimum absolute atomic E-state index is 0.329. The van der Waals surface area contributed by atoms with Gasteiger partial charge in [0.25, 0.3) is 0 Å². The molecule has 0 saturated carbocycles. The van der Waals surface area contributed by atoms with Crippen molar-refractivity contribution in [3.05, 3.63) is 47.5 Å². The number of rotatable bonds is 8. The lowest BCUT2D eigenvalue weighted by Gasteiger charge is -2.40. The SMILES string of the molecule is COC(=O)[C@@H]1[C@H](c2ccc(OC)c(OC)c2)N[C@@H](c2ccc(OC)c(OC)c2)[C@H](C(=O)OC)S1(=O)=O. The van der Waals surface area contributed by atoms with E-state index in [1.54, 1.807) is 36.4 Å². The van der Waals surface area contributed by atoms with Crippen LogP contribution in [0.1, 0.15) is 23.2 Å². The second kappa shape index (κ2) is 11.0. The lowest BCUT2D eigenvalue weighted by molar-refractivity contribution is -0.142. The first-order chi connectivity index (χ1) is 17.2. The Hall–Kier alpha value is -3.51. The molecule has 1 aliphatic heterocycles. The van der Waals surface area contributed by atoms with E-state index in [0.29, 0.717) is 34.1 Å². The number of carbonyl (C=O) groups excluding carboxylic acids is 2. The van der Waals surface area contributed by atoms with Crippen molar-refractivity contribution in [1.29, 1.82) is 0 Å². The van der Waals surface area contributed by atoms with Crippen LogP contribution in [0, 0.1) is 0 Å². The van der Waals surface area contributed by atoms with E-state index in [-0.39, 0.29) is 0 Å². The Balaban J connectivity index is 2.25. The maximum Gasteiger partial charge on any atom is 0.326 e. The molecule has 36 heavy (non-hydrogen) atoms. The molecule has 11 nitrogen and oxygen atoms in total. The van der Waals surface area contributed by atoms with Gasteiger partial charge in [-0.3, -0.25) is 14.9 Å². The van der Waals surface area contributed by atoms with E-state index in [1.807, 2.05) is 0 Å². The van der Waals surface area contributed by atoms with Gasteiger partial charge in [-0.1, -0.05) is 12.1 Å². The van der Waals surface area contributed by atoms with Crippen LogP contribution in [0.15, 0.2) is 36.4 Å². The van der Waals surface area contributed by atoms with Gasteiger partial charge in [-0.2, -0.15) is 0 Å². The smallest absolute Gasteiger partial charge is 0.326 e. The van der Waals surface area contributed by atoms with Gasteiger partial charge < -0.3 is 28.4 Å². The van der Waals surface area contributed by atoms with E-state index >= 15 is 0 Å². The summed E-state index contributed by atoms with van der Waals surface area (Å²) in [5.41, 5.74) is 0.806. The second-order valence-electron chi connectivity index (χ2n) is 7.83. The number of sulfone groups is 1. The number of ether oxygens (including phenoxy) is 6. The largest absolute Gasteiger partial charge is 0.493 e. The zero-order valence-corrected chi connectivity index (χ0v) is 21.6. The molecule has 196 valence electrons. The highest BCUT2D eigenvalue weighted by Gasteiger charge is 2.57. The number of hydrogen-bond acceptors (Lipinski definition) is 11. The fourth-order valence-corrected chi connectivity index (χ4v) is 6.59. The number of nitrogens with one attached hydrogen (secondary N) is 1. The van der Waals surface area contributed by atoms with Gasteiger partial charge in [0, 0.05) is 0 Å². The van der Waals surface area contributed by atoms with Crippen LogP contribution < -0.4 is 24.3 Å². The third-order valence-electron chi connectivity index (χ3n) is 6.07. The Kier molecular flexibility index (Phi) is 8.31. The van der Waals surface area contributed by atoms with Gasteiger partial charge in [-0.05, 0) is 35.4 Å². The summed E-state index contributed by atoms with van der Waals surface area (Å²) in [5.74, 6) is -0.563. The monoisotopic (exact) mass is 523 g/mol. The quantitative estimate of drug-likeness (QED) is 0.505. The molecule has 4 atom stereocenters. The topological polar surface area (TPSA) is 136 Å². The summed E-state index contributed by atoms with van der Waals surface area (Å²) in [5, 5.41) is -0.322. The standard InChI is InChI=1S/C24H29NO10S/c1-30-15-9-7-13(11-17(15)32-3)19-21(23(26)34-5)36(28,29)22(24(27)35-6)20(25-19)14-8-10-16(31-2)18(12-14)33-4/h7-12,19-22,25H,1-6H3/t19-,20-,21-,22+/m0/s1. The molecule has 0 aromatic heterocycles. The van der Waals surface area contributed by atoms with Crippen LogP contribution in [0.2, 0.25) is 0 Å². The van der Waals surface area contributed by atoms with Crippen molar-refractivity contribution in [2.75, 3.05) is 42.7 Å². The average Bonchev–Trinajstić information content (AvgIpc) is 2.90. The summed E-state index contributed by atoms with van der Waals surface area (Å²) in [6.07, 6.45) is 0. The number of carbonyl (C=O) groups is 2. The van der Waals surface area contributed by atoms with Crippen molar-refractivity contribution in [3.8, 4) is 23.0 Å². The van der Waals surface area contributed by atoms with Crippen LogP contribution in [-0.2, 0) is 28.9 Å². The van der Waals surface area contributed by atoms with Crippen LogP contribution >= 0.6 is 0 Å². The molecule has 12 heteroatoms. The maximum absolute atomic E-state index is 13.9. The van der Waals surface area contributed by atoms with Gasteiger partial charge in [0.1, 0.15) is 0 Å². The number of hydrogen-bond donors (Lipinski definition) is 1. The minimum atomic E-state index is -4.51. The number of benzene rings is 2. The predicted molar refractivity (Wildman–Crippen MR) is 128 cm³/mol. The third kappa shape index (κ3) is 4.78. The number of esters is 2. The van der Waals surface area contributed by atoms with Gasteiger partial charge >= 0.3 is 11.9 Å². The molecule has 2 aromatic rings. The second-order valence-corrected chi connectivity index (χ2v) is 10.0. The maximum atomic E-state index is 13.9. The van der Waals surface area contributed by atoms with E-state index in [0.717, 1.165) is 14.2 Å². The lowest BCUT2D eigenvalue weighted by Crippen LogP contribution is -2.59. The molecule has 1 heterocycles. The third-order valence-corrected chi connectivity index (χ3v) is 8.42. The molecule has 2 aromatic carbocycles. The first kappa shape index (κ1) is 27.1. The van der Waals surface area contributed by atoms with Gasteiger partial charge in [0.2, 0.25) is 0 Å². The van der Waals surface area contributed by atoms with Crippen molar-refractivity contribution in [2.24, 2.45) is 0 Å². The molecule has 0 radical (unpaired) electrons. The van der Waals surface area contributed by atoms with Crippen molar-refractivity contribution in [2.45, 2.75) is 22.6 Å². The Morgan fingerprint density at radius 2 is 1.00 bits per heavy atom. The van der Waals surface area contributed by atoms with Gasteiger partial charge in [0.05, 0.1) is 54.7 Å². The van der Waals surface area contributed by atoms with Crippen molar-refractivity contribution in [1.82, 2.24) is 5.32 Å². The molecule has 0 aliphatic carbocycles. The van der Waals surface area contributed by atoms with E-state index in [9.17, 15) is 18.0 Å². The zero-order valence-electron chi connectivity index (χ0n) is 20.8. The Labute approximate surface area is 209 Å². The summed E-state index contributed by atoms with van der Waals surface area (Å²) < 4.78 is 58.7. The van der Waals surface area contributed by atoms with Crippen molar-refractivity contribution >= 4 is 21.8 Å². The highest BCUT2D eigenvalue weighted by molar-refractivity contribution is 7.94. The zero-order chi connectivity index (χ0) is 26.6. The molecule has 0 amide bonds. The Morgan fingerprint density at radius 1 is 0.639 bits per heavy atom. The summed E-state index contributed by atoms with van der Waals surface area (Å²) in [6, 6.07) is 7.30. The molecule has 0 unspecified atom stereocenters. The lowest BCUT2D eigenvalue weighted by atomic mass is 9.96. The van der Waals surface area contributed by atoms with Crippen LogP contribution in [0.25, 0.3) is 0 Å². The number of methoxy groups -OCH3 is 6. The van der Waals surface area contributed by atoms with Crippen LogP contribution in [0.5, 0.6) is 23.0 Å². The average molecular weight is 524 g/mol. The molecular formula is C24H29NO10S. The van der Waals surface area contributed by atoms with Crippen LogP contribution in [0.3, 0.4) is 0 Å². The van der Waals surface area contributed by atoms with Crippen molar-refractivity contribution in [3.63, 3.8) is 0 Å². The Morgan fingerprint density at radius 3 is 1.31 bits per heavy atom. The molecular weight excluding hydrogens is 494 g/mol. The molecule has 0 bridgehead atoms. The first-order valence-electron chi connectivity index (χ1n) is 10.8. The highest BCUT2D eigenvalue weighted by atomic mass is 32.2. The minimum Gasteiger partial charge on any atom is -0.493 e. The fraction of sp³-hybridized carbons (Fsp3) is 0.417. The Bertz CT molecular complexity index is 1140. The van der Waals surface area contributed by atoms with E-state index in [1.165, 1.54) is 28.4 Å². The molecule has 0 spiro atoms. The molecule has 1 saturated heterocycles. The predicted octanol–water partition coefficient (Wildman–Crippen LogP) is 1.60. The first-order valence-corrected chi connectivity index (χ1v) is 12.4. The van der Waals surface area contributed by atoms with Gasteiger partial charge in [0.15, 0.2) is 43.3 Å². The highest BCUT2D eigenvalue weighted by Crippen LogP contribution is 2.42. The van der Waals surface area contributed by atoms with E-state index in [4.69, 9.17) is 28.4 Å². The molecule has 1 aliphatic rings. The normalized spacial score (nSPS) is 22.7.